The fourth-order valence-electron chi connectivity index (χ4n) is 2.33. The second kappa shape index (κ2) is 8.32. The lowest BCUT2D eigenvalue weighted by Gasteiger charge is -2.09. The van der Waals surface area contributed by atoms with Crippen LogP contribution in [0.3, 0.4) is 0 Å². The van der Waals surface area contributed by atoms with Crippen molar-refractivity contribution in [2.45, 2.75) is 32.6 Å². The minimum absolute atomic E-state index is 0.182. The molecule has 0 spiro atoms. The van der Waals surface area contributed by atoms with Crippen molar-refractivity contribution >= 4 is 5.97 Å². The van der Waals surface area contributed by atoms with E-state index in [1.54, 1.807) is 24.3 Å². The van der Waals surface area contributed by atoms with Gasteiger partial charge in [-0.3, -0.25) is 0 Å². The molecule has 122 valence electrons. The maximum Gasteiger partial charge on any atom is 0.335 e. The number of ether oxygens (including phenoxy) is 1. The molecule has 0 saturated carbocycles. The van der Waals surface area contributed by atoms with Gasteiger partial charge in [-0.2, -0.15) is 0 Å². The van der Waals surface area contributed by atoms with Gasteiger partial charge in [-0.05, 0) is 36.2 Å². The number of halogens is 1. The maximum absolute atomic E-state index is 14.2. The van der Waals surface area contributed by atoms with E-state index in [0.29, 0.717) is 23.5 Å². The summed E-state index contributed by atoms with van der Waals surface area (Å²) >= 11 is 0. The zero-order chi connectivity index (χ0) is 16.7. The highest BCUT2D eigenvalue weighted by Gasteiger charge is 2.08. The Morgan fingerprint density at radius 2 is 1.83 bits per heavy atom. The first-order valence-electron chi connectivity index (χ1n) is 7.88. The number of benzene rings is 2. The summed E-state index contributed by atoms with van der Waals surface area (Å²) in [5.74, 6) is -0.854. The van der Waals surface area contributed by atoms with E-state index < -0.39 is 5.97 Å². The van der Waals surface area contributed by atoms with Crippen molar-refractivity contribution < 1.29 is 19.0 Å². The molecule has 2 aromatic carbocycles. The molecule has 0 aliphatic rings. The highest BCUT2D eigenvalue weighted by molar-refractivity contribution is 5.88. The number of rotatable bonds is 8. The largest absolute Gasteiger partial charge is 0.493 e. The van der Waals surface area contributed by atoms with Gasteiger partial charge in [0, 0.05) is 11.6 Å². The van der Waals surface area contributed by atoms with E-state index in [-0.39, 0.29) is 11.4 Å². The predicted octanol–water partition coefficient (Wildman–Crippen LogP) is 5.15. The summed E-state index contributed by atoms with van der Waals surface area (Å²) in [7, 11) is 0. The van der Waals surface area contributed by atoms with E-state index in [9.17, 15) is 9.18 Å². The monoisotopic (exact) mass is 316 g/mol. The van der Waals surface area contributed by atoms with Gasteiger partial charge in [0.2, 0.25) is 0 Å². The van der Waals surface area contributed by atoms with Gasteiger partial charge in [0.1, 0.15) is 11.6 Å². The third kappa shape index (κ3) is 4.81. The third-order valence-corrected chi connectivity index (χ3v) is 3.65. The Kier molecular flexibility index (Phi) is 6.15. The normalized spacial score (nSPS) is 10.5. The van der Waals surface area contributed by atoms with Gasteiger partial charge < -0.3 is 9.84 Å². The first kappa shape index (κ1) is 17.0. The molecule has 0 aromatic heterocycles. The van der Waals surface area contributed by atoms with E-state index in [0.717, 1.165) is 12.8 Å². The zero-order valence-corrected chi connectivity index (χ0v) is 13.2. The molecule has 3 nitrogen and oxygen atoms in total. The number of hydrogen-bond acceptors (Lipinski definition) is 2. The van der Waals surface area contributed by atoms with Crippen molar-refractivity contribution in [2.24, 2.45) is 0 Å². The van der Waals surface area contributed by atoms with Crippen LogP contribution in [-0.4, -0.2) is 17.7 Å². The van der Waals surface area contributed by atoms with Gasteiger partial charge in [0.05, 0.1) is 12.2 Å². The van der Waals surface area contributed by atoms with E-state index in [1.165, 1.54) is 31.0 Å². The lowest BCUT2D eigenvalue weighted by molar-refractivity contribution is 0.0697. The summed E-state index contributed by atoms with van der Waals surface area (Å²) in [6, 6.07) is 10.9. The van der Waals surface area contributed by atoms with E-state index in [2.05, 4.69) is 6.92 Å². The molecule has 0 aliphatic carbocycles. The van der Waals surface area contributed by atoms with Crippen LogP contribution in [0.5, 0.6) is 5.75 Å². The predicted molar refractivity (Wildman–Crippen MR) is 88.4 cm³/mol. The van der Waals surface area contributed by atoms with E-state index >= 15 is 0 Å². The summed E-state index contributed by atoms with van der Waals surface area (Å²) < 4.78 is 19.8. The minimum atomic E-state index is -0.996. The Hall–Kier alpha value is -2.36. The third-order valence-electron chi connectivity index (χ3n) is 3.65. The number of aromatic carboxylic acids is 1. The molecule has 0 unspecified atom stereocenters. The summed E-state index contributed by atoms with van der Waals surface area (Å²) in [4.78, 5) is 10.8. The molecular formula is C19H21FO3. The Bertz CT molecular complexity index is 650. The topological polar surface area (TPSA) is 46.5 Å². The molecule has 0 fully saturated rings. The van der Waals surface area contributed by atoms with Crippen molar-refractivity contribution in [1.29, 1.82) is 0 Å². The first-order valence-corrected chi connectivity index (χ1v) is 7.88. The number of unbranched alkanes of at least 4 members (excludes halogenated alkanes) is 3. The van der Waals surface area contributed by atoms with Crippen LogP contribution in [0.4, 0.5) is 4.39 Å². The van der Waals surface area contributed by atoms with Gasteiger partial charge in [-0.1, -0.05) is 38.3 Å². The number of carboxylic acid groups (broad SMARTS) is 1. The average Bonchev–Trinajstić information content (AvgIpc) is 2.55. The Morgan fingerprint density at radius 1 is 1.09 bits per heavy atom. The quantitative estimate of drug-likeness (QED) is 0.685. The van der Waals surface area contributed by atoms with Crippen molar-refractivity contribution in [2.75, 3.05) is 6.61 Å². The van der Waals surface area contributed by atoms with Crippen LogP contribution in [0.15, 0.2) is 42.5 Å². The van der Waals surface area contributed by atoms with Crippen molar-refractivity contribution in [3.8, 4) is 16.9 Å². The SMILES string of the molecule is CCCCCCOc1ccc(-c2ccc(C(=O)O)cc2)c(F)c1. The second-order valence-corrected chi connectivity index (χ2v) is 5.43. The van der Waals surface area contributed by atoms with Crippen molar-refractivity contribution in [3.05, 3.63) is 53.8 Å². The van der Waals surface area contributed by atoms with Crippen molar-refractivity contribution in [3.63, 3.8) is 0 Å². The van der Waals surface area contributed by atoms with Crippen LogP contribution in [0.1, 0.15) is 43.0 Å². The van der Waals surface area contributed by atoms with Crippen molar-refractivity contribution in [1.82, 2.24) is 0 Å². The summed E-state index contributed by atoms with van der Waals surface area (Å²) in [5.41, 5.74) is 1.25. The Morgan fingerprint density at radius 3 is 2.43 bits per heavy atom. The minimum Gasteiger partial charge on any atom is -0.493 e. The fourth-order valence-corrected chi connectivity index (χ4v) is 2.33. The van der Waals surface area contributed by atoms with Crippen LogP contribution in [0.2, 0.25) is 0 Å². The molecule has 2 rings (SSSR count). The number of hydrogen-bond donors (Lipinski definition) is 1. The van der Waals surface area contributed by atoms with Gasteiger partial charge in [0.15, 0.2) is 0 Å². The van der Waals surface area contributed by atoms with Crippen LogP contribution in [0, 0.1) is 5.82 Å². The fraction of sp³-hybridized carbons (Fsp3) is 0.316. The van der Waals surface area contributed by atoms with Gasteiger partial charge in [0.25, 0.3) is 0 Å². The standard InChI is InChI=1S/C19H21FO3/c1-2-3-4-5-12-23-16-10-11-17(18(20)13-16)14-6-8-15(9-7-14)19(21)22/h6-11,13H,2-5,12H2,1H3,(H,21,22). The highest BCUT2D eigenvalue weighted by atomic mass is 19.1. The smallest absolute Gasteiger partial charge is 0.335 e. The molecule has 0 saturated heterocycles. The molecule has 4 heteroatoms. The van der Waals surface area contributed by atoms with Crippen LogP contribution >= 0.6 is 0 Å². The van der Waals surface area contributed by atoms with Crippen LogP contribution in [0.25, 0.3) is 11.1 Å². The molecule has 0 heterocycles. The molecule has 2 aromatic rings. The van der Waals surface area contributed by atoms with Gasteiger partial charge in [-0.25, -0.2) is 9.18 Å². The molecule has 0 amide bonds. The zero-order valence-electron chi connectivity index (χ0n) is 13.2. The molecule has 0 radical (unpaired) electrons. The second-order valence-electron chi connectivity index (χ2n) is 5.43. The van der Waals surface area contributed by atoms with E-state index in [1.807, 2.05) is 0 Å². The van der Waals surface area contributed by atoms with Gasteiger partial charge >= 0.3 is 5.97 Å². The molecule has 0 bridgehead atoms. The van der Waals surface area contributed by atoms with Gasteiger partial charge in [-0.15, -0.1) is 0 Å². The Balaban J connectivity index is 2.02. The number of carbonyl (C=O) groups is 1. The van der Waals surface area contributed by atoms with Crippen LogP contribution in [-0.2, 0) is 0 Å². The van der Waals surface area contributed by atoms with Crippen LogP contribution < -0.4 is 4.74 Å². The molecule has 0 aliphatic heterocycles. The molecule has 0 atom stereocenters. The summed E-state index contributed by atoms with van der Waals surface area (Å²) in [6.07, 6.45) is 4.44. The first-order chi connectivity index (χ1) is 11.1. The summed E-state index contributed by atoms with van der Waals surface area (Å²) in [6.45, 7) is 2.74. The lowest BCUT2D eigenvalue weighted by atomic mass is 10.0. The lowest BCUT2D eigenvalue weighted by Crippen LogP contribution is -1.98. The van der Waals surface area contributed by atoms with E-state index in [4.69, 9.17) is 9.84 Å². The average molecular weight is 316 g/mol. The molecule has 1 N–H and O–H groups in total. The highest BCUT2D eigenvalue weighted by Crippen LogP contribution is 2.26. The Labute approximate surface area is 135 Å². The summed E-state index contributed by atoms with van der Waals surface area (Å²) in [5, 5.41) is 8.88. The molecule has 23 heavy (non-hydrogen) atoms. The number of carboxylic acids is 1. The molecular weight excluding hydrogens is 295 g/mol. The maximum atomic E-state index is 14.2.